The zero-order valence-corrected chi connectivity index (χ0v) is 21.3. The van der Waals surface area contributed by atoms with Crippen molar-refractivity contribution in [2.24, 2.45) is 0 Å². The largest absolute Gasteiger partial charge is 0.507 e. The minimum absolute atomic E-state index is 0.0447. The molecule has 192 valence electrons. The Morgan fingerprint density at radius 3 is 2.03 bits per heavy atom. The SMILES string of the molecule is CCCOc1ccc(/C(O)=C2/C(=O)C(=O)N(Cc3ccc(OCC)cc3)C2c2ccc(OC)cc2)cc1. The van der Waals surface area contributed by atoms with Crippen molar-refractivity contribution in [3.63, 3.8) is 0 Å². The first-order chi connectivity index (χ1) is 18.0. The minimum atomic E-state index is -0.770. The summed E-state index contributed by atoms with van der Waals surface area (Å²) < 4.78 is 16.4. The second kappa shape index (κ2) is 11.6. The van der Waals surface area contributed by atoms with Gasteiger partial charge in [-0.2, -0.15) is 0 Å². The van der Waals surface area contributed by atoms with Crippen LogP contribution in [0, 0.1) is 0 Å². The highest BCUT2D eigenvalue weighted by atomic mass is 16.5. The summed E-state index contributed by atoms with van der Waals surface area (Å²) in [6.07, 6.45) is 0.876. The van der Waals surface area contributed by atoms with Crippen LogP contribution in [-0.2, 0) is 16.1 Å². The molecule has 3 aromatic rings. The summed E-state index contributed by atoms with van der Waals surface area (Å²) in [5.41, 5.74) is 2.00. The number of carbonyl (C=O) groups excluding carboxylic acids is 2. The molecule has 7 nitrogen and oxygen atoms in total. The molecule has 1 amide bonds. The molecule has 0 aromatic heterocycles. The smallest absolute Gasteiger partial charge is 0.295 e. The summed E-state index contributed by atoms with van der Waals surface area (Å²) >= 11 is 0. The average Bonchev–Trinajstić information content (AvgIpc) is 3.18. The van der Waals surface area contributed by atoms with Crippen molar-refractivity contribution in [3.8, 4) is 17.2 Å². The Morgan fingerprint density at radius 1 is 0.838 bits per heavy atom. The first-order valence-electron chi connectivity index (χ1n) is 12.3. The lowest BCUT2D eigenvalue weighted by atomic mass is 9.95. The minimum Gasteiger partial charge on any atom is -0.507 e. The summed E-state index contributed by atoms with van der Waals surface area (Å²) in [5.74, 6) is 0.424. The fraction of sp³-hybridized carbons (Fsp3) is 0.267. The second-order valence-electron chi connectivity index (χ2n) is 8.65. The van der Waals surface area contributed by atoms with Crippen LogP contribution < -0.4 is 14.2 Å². The molecular formula is C30H31NO6. The number of hydrogen-bond donors (Lipinski definition) is 1. The standard InChI is InChI=1S/C30H31NO6/c1-4-18-37-25-16-10-22(11-17-25)28(32)26-27(21-8-14-23(35-3)15-9-21)31(30(34)29(26)33)19-20-6-12-24(13-7-20)36-5-2/h6-17,27,32H,4-5,18-19H2,1-3H3/b28-26-. The number of rotatable bonds is 10. The number of ether oxygens (including phenoxy) is 3. The molecule has 3 aromatic carbocycles. The van der Waals surface area contributed by atoms with Crippen molar-refractivity contribution in [2.75, 3.05) is 20.3 Å². The lowest BCUT2D eigenvalue weighted by Crippen LogP contribution is -2.29. The normalized spacial score (nSPS) is 16.6. The zero-order chi connectivity index (χ0) is 26.4. The third kappa shape index (κ3) is 5.61. The molecule has 0 radical (unpaired) electrons. The average molecular weight is 502 g/mol. The predicted molar refractivity (Wildman–Crippen MR) is 141 cm³/mol. The van der Waals surface area contributed by atoms with Gasteiger partial charge in [0.1, 0.15) is 23.0 Å². The van der Waals surface area contributed by atoms with Gasteiger partial charge in [0.15, 0.2) is 0 Å². The van der Waals surface area contributed by atoms with E-state index in [2.05, 4.69) is 0 Å². The molecule has 4 rings (SSSR count). The molecule has 1 aliphatic rings. The number of carbonyl (C=O) groups is 2. The number of methoxy groups -OCH3 is 1. The Bertz CT molecular complexity index is 1260. The van der Waals surface area contributed by atoms with E-state index in [1.54, 1.807) is 55.6 Å². The van der Waals surface area contributed by atoms with Crippen molar-refractivity contribution in [3.05, 3.63) is 95.1 Å². The van der Waals surface area contributed by atoms with E-state index in [-0.39, 0.29) is 17.9 Å². The van der Waals surface area contributed by atoms with Crippen LogP contribution in [0.4, 0.5) is 0 Å². The van der Waals surface area contributed by atoms with Crippen molar-refractivity contribution >= 4 is 17.4 Å². The van der Waals surface area contributed by atoms with Gasteiger partial charge in [-0.15, -0.1) is 0 Å². The van der Waals surface area contributed by atoms with E-state index in [9.17, 15) is 14.7 Å². The molecular weight excluding hydrogens is 470 g/mol. The molecule has 1 atom stereocenters. The van der Waals surface area contributed by atoms with Crippen LogP contribution in [0.3, 0.4) is 0 Å². The third-order valence-corrected chi connectivity index (χ3v) is 6.16. The summed E-state index contributed by atoms with van der Waals surface area (Å²) in [5, 5.41) is 11.3. The Balaban J connectivity index is 1.74. The van der Waals surface area contributed by atoms with Crippen LogP contribution >= 0.6 is 0 Å². The molecule has 0 aliphatic carbocycles. The highest BCUT2D eigenvalue weighted by molar-refractivity contribution is 6.46. The molecule has 1 aliphatic heterocycles. The van der Waals surface area contributed by atoms with E-state index in [4.69, 9.17) is 14.2 Å². The molecule has 0 spiro atoms. The number of likely N-dealkylation sites (tertiary alicyclic amines) is 1. The number of benzene rings is 3. The van der Waals surface area contributed by atoms with Gasteiger partial charge in [-0.25, -0.2) is 0 Å². The third-order valence-electron chi connectivity index (χ3n) is 6.16. The summed E-state index contributed by atoms with van der Waals surface area (Å²) in [6, 6.07) is 20.6. The highest BCUT2D eigenvalue weighted by Crippen LogP contribution is 2.41. The second-order valence-corrected chi connectivity index (χ2v) is 8.65. The van der Waals surface area contributed by atoms with Crippen molar-refractivity contribution in [2.45, 2.75) is 32.9 Å². The molecule has 0 bridgehead atoms. The maximum atomic E-state index is 13.3. The van der Waals surface area contributed by atoms with Crippen LogP contribution in [0.2, 0.25) is 0 Å². The van der Waals surface area contributed by atoms with Crippen molar-refractivity contribution in [1.82, 2.24) is 4.90 Å². The Kier molecular flexibility index (Phi) is 8.13. The van der Waals surface area contributed by atoms with Crippen LogP contribution in [0.1, 0.15) is 43.0 Å². The topological polar surface area (TPSA) is 85.3 Å². The number of ketones is 1. The highest BCUT2D eigenvalue weighted by Gasteiger charge is 2.46. The van der Waals surface area contributed by atoms with E-state index >= 15 is 0 Å². The van der Waals surface area contributed by atoms with Crippen LogP contribution in [0.5, 0.6) is 17.2 Å². The number of Topliss-reactive ketones (excluding diaryl/α,β-unsaturated/α-hetero) is 1. The maximum Gasteiger partial charge on any atom is 0.295 e. The molecule has 1 unspecified atom stereocenters. The van der Waals surface area contributed by atoms with Crippen molar-refractivity contribution in [1.29, 1.82) is 0 Å². The molecule has 1 fully saturated rings. The monoisotopic (exact) mass is 501 g/mol. The van der Waals surface area contributed by atoms with E-state index in [1.807, 2.05) is 38.1 Å². The number of amides is 1. The Hall–Kier alpha value is -4.26. The van der Waals surface area contributed by atoms with Gasteiger partial charge in [0.2, 0.25) is 0 Å². The molecule has 37 heavy (non-hydrogen) atoms. The van der Waals surface area contributed by atoms with Gasteiger partial charge in [0.25, 0.3) is 11.7 Å². The number of nitrogens with zero attached hydrogens (tertiary/aromatic N) is 1. The molecule has 1 heterocycles. The summed E-state index contributed by atoms with van der Waals surface area (Å²) in [4.78, 5) is 28.1. The molecule has 1 saturated heterocycles. The quantitative estimate of drug-likeness (QED) is 0.224. The van der Waals surface area contributed by atoms with Gasteiger partial charge in [0, 0.05) is 12.1 Å². The van der Waals surface area contributed by atoms with Gasteiger partial charge in [0.05, 0.1) is 31.9 Å². The van der Waals surface area contributed by atoms with Gasteiger partial charge in [-0.3, -0.25) is 9.59 Å². The first-order valence-corrected chi connectivity index (χ1v) is 12.3. The number of aliphatic hydroxyl groups excluding tert-OH is 1. The number of hydrogen-bond acceptors (Lipinski definition) is 6. The van der Waals surface area contributed by atoms with E-state index < -0.39 is 17.7 Å². The fourth-order valence-corrected chi connectivity index (χ4v) is 4.31. The predicted octanol–water partition coefficient (Wildman–Crippen LogP) is 5.50. The fourth-order valence-electron chi connectivity index (χ4n) is 4.31. The molecule has 0 saturated carbocycles. The van der Waals surface area contributed by atoms with Crippen LogP contribution in [-0.4, -0.2) is 42.0 Å². The summed E-state index contributed by atoms with van der Waals surface area (Å²) in [7, 11) is 1.57. The Labute approximate surface area is 216 Å². The van der Waals surface area contributed by atoms with Crippen molar-refractivity contribution < 1.29 is 28.9 Å². The first kappa shape index (κ1) is 25.8. The van der Waals surface area contributed by atoms with Gasteiger partial charge in [-0.05, 0) is 73.0 Å². The van der Waals surface area contributed by atoms with Gasteiger partial charge >= 0.3 is 0 Å². The van der Waals surface area contributed by atoms with Gasteiger partial charge < -0.3 is 24.2 Å². The van der Waals surface area contributed by atoms with E-state index in [1.165, 1.54) is 4.90 Å². The number of aliphatic hydroxyl groups is 1. The Morgan fingerprint density at radius 2 is 1.43 bits per heavy atom. The lowest BCUT2D eigenvalue weighted by Gasteiger charge is -2.25. The molecule has 7 heteroatoms. The maximum absolute atomic E-state index is 13.3. The molecule has 1 N–H and O–H groups in total. The van der Waals surface area contributed by atoms with Crippen LogP contribution in [0.25, 0.3) is 5.76 Å². The van der Waals surface area contributed by atoms with E-state index in [0.717, 1.165) is 17.7 Å². The van der Waals surface area contributed by atoms with Gasteiger partial charge in [-0.1, -0.05) is 31.2 Å². The summed E-state index contributed by atoms with van der Waals surface area (Å²) in [6.45, 7) is 5.25. The van der Waals surface area contributed by atoms with Crippen LogP contribution in [0.15, 0.2) is 78.4 Å². The van der Waals surface area contributed by atoms with E-state index in [0.29, 0.717) is 35.8 Å². The lowest BCUT2D eigenvalue weighted by molar-refractivity contribution is -0.140. The zero-order valence-electron chi connectivity index (χ0n) is 21.3.